The summed E-state index contributed by atoms with van der Waals surface area (Å²) in [5.41, 5.74) is 0.184. The molecule has 0 saturated carbocycles. The molecule has 4 atom stereocenters. The highest BCUT2D eigenvalue weighted by Crippen LogP contribution is 2.29. The van der Waals surface area contributed by atoms with Gasteiger partial charge in [0.15, 0.2) is 5.78 Å². The number of fused-ring (bicyclic) bond motifs is 1. The van der Waals surface area contributed by atoms with Crippen LogP contribution >= 0.6 is 0 Å². The lowest BCUT2D eigenvalue weighted by Gasteiger charge is -2.26. The Morgan fingerprint density at radius 2 is 1.76 bits per heavy atom. The normalized spacial score (nSPS) is 24.2. The Balaban J connectivity index is 1.53. The fourth-order valence-corrected chi connectivity index (χ4v) is 4.46. The van der Waals surface area contributed by atoms with E-state index in [1.54, 1.807) is 31.2 Å². The Morgan fingerprint density at radius 3 is 2.49 bits per heavy atom. The summed E-state index contributed by atoms with van der Waals surface area (Å²) in [4.78, 5) is 53.2. The Bertz CT molecular complexity index is 1220. The minimum absolute atomic E-state index is 0.133. The van der Waals surface area contributed by atoms with Crippen LogP contribution in [-0.2, 0) is 35.0 Å². The standard InChI is InChI=1S/C30H37N3O8/c1-30(19-41-30)26(34)22(16-20-10-4-3-5-11-20)31-29(37)24-18-39-14-8-9-15-40-25-13-7-6-12-21(25)27(35)32-23(17-38-2)28(36)33-24/h3-7,10-13,22-24H,8-9,14-19H2,1-2H3,(H,31,37)(H,32,35)(H,33,36)/t22-,23-,24-,30+/m0/s1. The Hall–Kier alpha value is -3.80. The lowest BCUT2D eigenvalue weighted by Crippen LogP contribution is -2.59. The molecule has 11 nitrogen and oxygen atoms in total. The first-order chi connectivity index (χ1) is 19.8. The van der Waals surface area contributed by atoms with Gasteiger partial charge >= 0.3 is 0 Å². The van der Waals surface area contributed by atoms with E-state index in [0.717, 1.165) is 5.56 Å². The van der Waals surface area contributed by atoms with Crippen molar-refractivity contribution in [2.75, 3.05) is 40.1 Å². The number of Topliss-reactive ketones (excluding diaryl/α,β-unsaturated/α-hetero) is 1. The lowest BCUT2D eigenvalue weighted by atomic mass is 9.94. The second-order valence-electron chi connectivity index (χ2n) is 10.3. The van der Waals surface area contributed by atoms with E-state index in [4.69, 9.17) is 18.9 Å². The summed E-state index contributed by atoms with van der Waals surface area (Å²) < 4.78 is 22.1. The maximum Gasteiger partial charge on any atom is 0.255 e. The molecule has 4 rings (SSSR count). The highest BCUT2D eigenvalue weighted by Gasteiger charge is 2.50. The molecular weight excluding hydrogens is 530 g/mol. The van der Waals surface area contributed by atoms with Gasteiger partial charge in [0.1, 0.15) is 23.4 Å². The molecule has 2 aromatic rings. The number of epoxide rings is 1. The highest BCUT2D eigenvalue weighted by atomic mass is 16.6. The number of carbonyl (C=O) groups excluding carboxylic acids is 4. The van der Waals surface area contributed by atoms with Crippen molar-refractivity contribution in [2.24, 2.45) is 0 Å². The van der Waals surface area contributed by atoms with Gasteiger partial charge in [0.2, 0.25) is 11.8 Å². The zero-order valence-corrected chi connectivity index (χ0v) is 23.4. The molecule has 11 heteroatoms. The number of amides is 3. The number of ketones is 1. The largest absolute Gasteiger partial charge is 0.493 e. The van der Waals surface area contributed by atoms with E-state index in [2.05, 4.69) is 16.0 Å². The van der Waals surface area contributed by atoms with Crippen molar-refractivity contribution >= 4 is 23.5 Å². The van der Waals surface area contributed by atoms with E-state index in [9.17, 15) is 19.2 Å². The molecular formula is C30H37N3O8. The second-order valence-corrected chi connectivity index (χ2v) is 10.3. The third-order valence-corrected chi connectivity index (χ3v) is 6.96. The van der Waals surface area contributed by atoms with Crippen molar-refractivity contribution in [3.8, 4) is 5.75 Å². The zero-order valence-electron chi connectivity index (χ0n) is 23.4. The summed E-state index contributed by atoms with van der Waals surface area (Å²) in [5.74, 6) is -1.59. The molecule has 0 aliphatic carbocycles. The van der Waals surface area contributed by atoms with E-state index in [0.29, 0.717) is 31.8 Å². The molecule has 0 aromatic heterocycles. The van der Waals surface area contributed by atoms with Gasteiger partial charge in [-0.25, -0.2) is 0 Å². The van der Waals surface area contributed by atoms with Gasteiger partial charge in [-0.2, -0.15) is 0 Å². The fourth-order valence-electron chi connectivity index (χ4n) is 4.46. The highest BCUT2D eigenvalue weighted by molar-refractivity contribution is 6.01. The number of carbonyl (C=O) groups is 4. The smallest absolute Gasteiger partial charge is 0.255 e. The molecule has 0 unspecified atom stereocenters. The van der Waals surface area contributed by atoms with E-state index in [1.165, 1.54) is 7.11 Å². The summed E-state index contributed by atoms with van der Waals surface area (Å²) >= 11 is 0. The number of rotatable bonds is 8. The number of nitrogens with one attached hydrogen (secondary N) is 3. The Labute approximate surface area is 239 Å². The van der Waals surface area contributed by atoms with Crippen LogP contribution in [0.15, 0.2) is 54.6 Å². The van der Waals surface area contributed by atoms with Crippen LogP contribution in [0.1, 0.15) is 35.7 Å². The molecule has 2 heterocycles. The van der Waals surface area contributed by atoms with Gasteiger partial charge in [-0.3, -0.25) is 19.2 Å². The van der Waals surface area contributed by atoms with Crippen molar-refractivity contribution in [1.29, 1.82) is 0 Å². The molecule has 220 valence electrons. The van der Waals surface area contributed by atoms with Crippen LogP contribution < -0.4 is 20.7 Å². The third kappa shape index (κ3) is 8.35. The quantitative estimate of drug-likeness (QED) is 0.404. The minimum atomic E-state index is -1.13. The SMILES string of the molecule is COC[C@@H]1NC(=O)c2ccccc2OCCCCOC[C@@H](C(=O)N[C@@H](Cc2ccccc2)C(=O)[C@@]2(C)CO2)NC1=O. The first-order valence-corrected chi connectivity index (χ1v) is 13.7. The van der Waals surface area contributed by atoms with Crippen molar-refractivity contribution < 1.29 is 38.1 Å². The fraction of sp³-hybridized carbons (Fsp3) is 0.467. The van der Waals surface area contributed by atoms with Gasteiger partial charge in [0.05, 0.1) is 38.0 Å². The molecule has 1 fully saturated rings. The maximum absolute atomic E-state index is 13.5. The van der Waals surface area contributed by atoms with Crippen LogP contribution in [0, 0.1) is 0 Å². The number of ether oxygens (including phenoxy) is 4. The van der Waals surface area contributed by atoms with Gasteiger partial charge in [0.25, 0.3) is 5.91 Å². The average molecular weight is 568 g/mol. The molecule has 2 aliphatic heterocycles. The van der Waals surface area contributed by atoms with E-state index >= 15 is 0 Å². The van der Waals surface area contributed by atoms with Crippen molar-refractivity contribution in [1.82, 2.24) is 16.0 Å². The molecule has 2 aromatic carbocycles. The molecule has 0 radical (unpaired) electrons. The molecule has 3 amide bonds. The summed E-state index contributed by atoms with van der Waals surface area (Å²) in [6.45, 7) is 2.38. The van der Waals surface area contributed by atoms with E-state index < -0.39 is 41.4 Å². The minimum Gasteiger partial charge on any atom is -0.493 e. The van der Waals surface area contributed by atoms with Crippen LogP contribution in [0.2, 0.25) is 0 Å². The molecule has 3 N–H and O–H groups in total. The summed E-state index contributed by atoms with van der Waals surface area (Å²) in [6.07, 6.45) is 1.54. The molecule has 2 aliphatic rings. The predicted molar refractivity (Wildman–Crippen MR) is 148 cm³/mol. The van der Waals surface area contributed by atoms with Gasteiger partial charge < -0.3 is 34.9 Å². The average Bonchev–Trinajstić information content (AvgIpc) is 3.73. The van der Waals surface area contributed by atoms with Crippen molar-refractivity contribution in [2.45, 2.75) is 49.9 Å². The van der Waals surface area contributed by atoms with E-state index in [-0.39, 0.29) is 37.6 Å². The molecule has 1 saturated heterocycles. The Morgan fingerprint density at radius 1 is 1.05 bits per heavy atom. The van der Waals surface area contributed by atoms with Crippen LogP contribution in [0.5, 0.6) is 5.75 Å². The number of benzene rings is 2. The van der Waals surface area contributed by atoms with Crippen LogP contribution in [0.4, 0.5) is 0 Å². The van der Waals surface area contributed by atoms with Crippen molar-refractivity contribution in [3.05, 3.63) is 65.7 Å². The van der Waals surface area contributed by atoms with Crippen LogP contribution in [-0.4, -0.2) is 87.4 Å². The monoisotopic (exact) mass is 567 g/mol. The first-order valence-electron chi connectivity index (χ1n) is 13.7. The third-order valence-electron chi connectivity index (χ3n) is 6.96. The van der Waals surface area contributed by atoms with E-state index in [1.807, 2.05) is 30.3 Å². The van der Waals surface area contributed by atoms with Crippen LogP contribution in [0.3, 0.4) is 0 Å². The maximum atomic E-state index is 13.5. The number of para-hydroxylation sites is 1. The van der Waals surface area contributed by atoms with Gasteiger partial charge in [-0.15, -0.1) is 0 Å². The first kappa shape index (κ1) is 30.2. The number of methoxy groups -OCH3 is 1. The number of hydrogen-bond acceptors (Lipinski definition) is 8. The van der Waals surface area contributed by atoms with Crippen molar-refractivity contribution in [3.63, 3.8) is 0 Å². The van der Waals surface area contributed by atoms with Crippen LogP contribution in [0.25, 0.3) is 0 Å². The Kier molecular flexibility index (Phi) is 10.4. The van der Waals surface area contributed by atoms with Gasteiger partial charge in [-0.05, 0) is 43.9 Å². The lowest BCUT2D eigenvalue weighted by molar-refractivity contribution is -0.134. The topological polar surface area (TPSA) is 145 Å². The second kappa shape index (κ2) is 14.2. The molecule has 0 bridgehead atoms. The summed E-state index contributed by atoms with van der Waals surface area (Å²) in [5, 5.41) is 8.17. The molecule has 0 spiro atoms. The summed E-state index contributed by atoms with van der Waals surface area (Å²) in [6, 6.07) is 13.0. The zero-order chi connectivity index (χ0) is 29.2. The summed E-state index contributed by atoms with van der Waals surface area (Å²) in [7, 11) is 1.40. The predicted octanol–water partition coefficient (Wildman–Crippen LogP) is 1.19. The van der Waals surface area contributed by atoms with Gasteiger partial charge in [-0.1, -0.05) is 42.5 Å². The number of hydrogen-bond donors (Lipinski definition) is 3. The molecule has 41 heavy (non-hydrogen) atoms. The van der Waals surface area contributed by atoms with Gasteiger partial charge in [0, 0.05) is 13.7 Å².